The van der Waals surface area contributed by atoms with E-state index in [2.05, 4.69) is 38.2 Å². The first-order valence-electron chi connectivity index (χ1n) is 21.6. The molecule has 0 aliphatic carbocycles. The van der Waals surface area contributed by atoms with Crippen LogP contribution in [0.2, 0.25) is 0 Å². The van der Waals surface area contributed by atoms with Crippen molar-refractivity contribution in [1.29, 1.82) is 0 Å². The normalized spacial score (nSPS) is 13.8. The third kappa shape index (κ3) is 40.0. The number of quaternary nitrogens is 1. The Balaban J connectivity index is 4.30. The Morgan fingerprint density at radius 3 is 1.47 bits per heavy atom. The largest absolute Gasteiger partial charge is 0.472 e. The zero-order valence-corrected chi connectivity index (χ0v) is 35.9. The number of ether oxygens (including phenoxy) is 2. The lowest BCUT2D eigenvalue weighted by molar-refractivity contribution is -0.870. The zero-order chi connectivity index (χ0) is 39.3. The lowest BCUT2D eigenvalue weighted by Gasteiger charge is -2.24. The first kappa shape index (κ1) is 51.5. The first-order valence-corrected chi connectivity index (χ1v) is 23.1. The fourth-order valence-corrected chi connectivity index (χ4v) is 6.52. The summed E-state index contributed by atoms with van der Waals surface area (Å²) in [4.78, 5) is 35.2. The summed E-state index contributed by atoms with van der Waals surface area (Å²) < 4.78 is 34.2. The van der Waals surface area contributed by atoms with Gasteiger partial charge in [-0.2, -0.15) is 0 Å². The highest BCUT2D eigenvalue weighted by atomic mass is 31.2. The van der Waals surface area contributed by atoms with Crippen molar-refractivity contribution in [2.75, 3.05) is 47.5 Å². The minimum absolute atomic E-state index is 0.0310. The van der Waals surface area contributed by atoms with E-state index in [-0.39, 0.29) is 32.0 Å². The summed E-state index contributed by atoms with van der Waals surface area (Å²) in [7, 11) is 1.47. The van der Waals surface area contributed by atoms with Crippen molar-refractivity contribution in [3.63, 3.8) is 0 Å². The lowest BCUT2D eigenvalue weighted by atomic mass is 10.1. The van der Waals surface area contributed by atoms with Crippen molar-refractivity contribution >= 4 is 19.8 Å². The fraction of sp³-hybridized carbons (Fsp3) is 0.860. The molecule has 0 saturated heterocycles. The van der Waals surface area contributed by atoms with Gasteiger partial charge in [-0.1, -0.05) is 141 Å². The first-order chi connectivity index (χ1) is 25.5. The summed E-state index contributed by atoms with van der Waals surface area (Å²) >= 11 is 0. The van der Waals surface area contributed by atoms with E-state index in [4.69, 9.17) is 18.5 Å². The average Bonchev–Trinajstić information content (AvgIpc) is 3.10. The van der Waals surface area contributed by atoms with Gasteiger partial charge in [-0.25, -0.2) is 4.57 Å². The molecule has 0 rings (SSSR count). The molecule has 0 aliphatic heterocycles. The van der Waals surface area contributed by atoms with E-state index in [1.807, 2.05) is 21.1 Å². The van der Waals surface area contributed by atoms with Crippen LogP contribution in [0.3, 0.4) is 0 Å². The van der Waals surface area contributed by atoms with Gasteiger partial charge < -0.3 is 18.9 Å². The van der Waals surface area contributed by atoms with Crippen molar-refractivity contribution in [3.05, 3.63) is 24.3 Å². The summed E-state index contributed by atoms with van der Waals surface area (Å²) in [5.41, 5.74) is 0. The molecule has 0 aromatic heterocycles. The Morgan fingerprint density at radius 1 is 0.566 bits per heavy atom. The molecule has 0 amide bonds. The second-order valence-electron chi connectivity index (χ2n) is 15.7. The van der Waals surface area contributed by atoms with Crippen LogP contribution < -0.4 is 0 Å². The lowest BCUT2D eigenvalue weighted by Crippen LogP contribution is -2.37. The molecule has 2 unspecified atom stereocenters. The number of carbonyl (C=O) groups is 2. The highest BCUT2D eigenvalue weighted by molar-refractivity contribution is 7.47. The van der Waals surface area contributed by atoms with Gasteiger partial charge in [0.05, 0.1) is 27.7 Å². The van der Waals surface area contributed by atoms with Gasteiger partial charge in [0.1, 0.15) is 19.8 Å². The van der Waals surface area contributed by atoms with Gasteiger partial charge in [-0.3, -0.25) is 18.6 Å². The van der Waals surface area contributed by atoms with Crippen molar-refractivity contribution in [2.24, 2.45) is 0 Å². The van der Waals surface area contributed by atoms with Gasteiger partial charge in [-0.15, -0.1) is 0 Å². The van der Waals surface area contributed by atoms with E-state index < -0.39 is 26.5 Å². The smallest absolute Gasteiger partial charge is 0.462 e. The van der Waals surface area contributed by atoms with Gasteiger partial charge in [0, 0.05) is 12.8 Å². The monoisotopic (exact) mass is 773 g/mol. The molecule has 0 aromatic rings. The molecule has 10 heteroatoms. The molecule has 0 spiro atoms. The van der Waals surface area contributed by atoms with Crippen LogP contribution in [0, 0.1) is 0 Å². The maximum atomic E-state index is 12.7. The standard InChI is InChI=1S/C43H82NO8P/c1-6-8-10-12-14-16-18-19-20-21-22-23-24-25-26-28-30-32-34-36-43(46)52-41(40-51-53(47,48)50-38-37-44(3,4)5)39-49-42(45)35-33-31-29-27-17-15-13-11-9-7-2/h11,13,19-20,41H,6-10,12,14-18,21-40H2,1-5H3/p+1/b13-11-,20-19-. The highest BCUT2D eigenvalue weighted by Gasteiger charge is 2.27. The topological polar surface area (TPSA) is 108 Å². The summed E-state index contributed by atoms with van der Waals surface area (Å²) in [6, 6.07) is 0. The molecule has 312 valence electrons. The van der Waals surface area contributed by atoms with Crippen LogP contribution in [0.15, 0.2) is 24.3 Å². The number of nitrogens with zero attached hydrogens (tertiary/aromatic N) is 1. The number of rotatable bonds is 39. The summed E-state index contributed by atoms with van der Waals surface area (Å²) in [5.74, 6) is -0.811. The second kappa shape index (κ2) is 36.1. The van der Waals surface area contributed by atoms with E-state index in [1.54, 1.807) is 0 Å². The maximum absolute atomic E-state index is 12.7. The third-order valence-corrected chi connectivity index (χ3v) is 10.2. The molecule has 0 fully saturated rings. The van der Waals surface area contributed by atoms with Crippen LogP contribution in [0.4, 0.5) is 0 Å². The highest BCUT2D eigenvalue weighted by Crippen LogP contribution is 2.43. The SMILES string of the molecule is CCC/C=C\CCCCCCCC(=O)OCC(COP(=O)(O)OCC[N+](C)(C)C)OC(=O)CCCCCCCCCCC/C=C\CCCCCCCC. The van der Waals surface area contributed by atoms with Crippen LogP contribution in [-0.2, 0) is 32.7 Å². The number of unbranched alkanes of at least 4 members (excludes halogenated alkanes) is 21. The molecule has 0 heterocycles. The van der Waals surface area contributed by atoms with E-state index in [9.17, 15) is 19.0 Å². The number of allylic oxidation sites excluding steroid dienone is 4. The van der Waals surface area contributed by atoms with Crippen molar-refractivity contribution in [1.82, 2.24) is 0 Å². The minimum atomic E-state index is -4.37. The fourth-order valence-electron chi connectivity index (χ4n) is 5.78. The average molecular weight is 773 g/mol. The molecule has 2 atom stereocenters. The van der Waals surface area contributed by atoms with Gasteiger partial charge in [0.25, 0.3) is 0 Å². The maximum Gasteiger partial charge on any atom is 0.472 e. The molecule has 1 N–H and O–H groups in total. The summed E-state index contributed by atoms with van der Waals surface area (Å²) in [6.45, 7) is 4.35. The molecule has 9 nitrogen and oxygen atoms in total. The number of hydrogen-bond donors (Lipinski definition) is 1. The third-order valence-electron chi connectivity index (χ3n) is 9.18. The van der Waals surface area contributed by atoms with Crippen molar-refractivity contribution in [3.8, 4) is 0 Å². The van der Waals surface area contributed by atoms with Crippen molar-refractivity contribution in [2.45, 2.75) is 193 Å². The number of carbonyl (C=O) groups excluding carboxylic acids is 2. The number of phosphoric acid groups is 1. The molecule has 0 aliphatic rings. The molecule has 53 heavy (non-hydrogen) atoms. The summed E-state index contributed by atoms with van der Waals surface area (Å²) in [5, 5.41) is 0. The number of phosphoric ester groups is 1. The van der Waals surface area contributed by atoms with E-state index in [1.165, 1.54) is 89.9 Å². The molecule has 0 saturated carbocycles. The second-order valence-corrected chi connectivity index (χ2v) is 17.2. The zero-order valence-electron chi connectivity index (χ0n) is 35.0. The molecular weight excluding hydrogens is 689 g/mol. The van der Waals surface area contributed by atoms with E-state index >= 15 is 0 Å². The number of esters is 2. The minimum Gasteiger partial charge on any atom is -0.462 e. The van der Waals surface area contributed by atoms with Crippen molar-refractivity contribution < 1.29 is 42.1 Å². The Hall–Kier alpha value is -1.51. The molecule has 0 radical (unpaired) electrons. The van der Waals surface area contributed by atoms with E-state index in [0.717, 1.165) is 64.2 Å². The van der Waals surface area contributed by atoms with E-state index in [0.29, 0.717) is 17.4 Å². The Morgan fingerprint density at radius 2 is 1.00 bits per heavy atom. The van der Waals surface area contributed by atoms with Gasteiger partial charge in [-0.05, 0) is 57.8 Å². The molecule has 0 bridgehead atoms. The van der Waals surface area contributed by atoms with Crippen LogP contribution in [0.25, 0.3) is 0 Å². The van der Waals surface area contributed by atoms with Gasteiger partial charge >= 0.3 is 19.8 Å². The van der Waals surface area contributed by atoms with Gasteiger partial charge in [0.2, 0.25) is 0 Å². The summed E-state index contributed by atoms with van der Waals surface area (Å²) in [6.07, 6.45) is 38.0. The Labute approximate surface area is 326 Å². The van der Waals surface area contributed by atoms with Crippen LogP contribution in [-0.4, -0.2) is 74.9 Å². The number of hydrogen-bond acceptors (Lipinski definition) is 7. The predicted molar refractivity (Wildman–Crippen MR) is 220 cm³/mol. The Kier molecular flexibility index (Phi) is 35.1. The van der Waals surface area contributed by atoms with Gasteiger partial charge in [0.15, 0.2) is 6.10 Å². The predicted octanol–water partition coefficient (Wildman–Crippen LogP) is 12.0. The van der Waals surface area contributed by atoms with Crippen LogP contribution >= 0.6 is 7.82 Å². The van der Waals surface area contributed by atoms with Crippen LogP contribution in [0.1, 0.15) is 187 Å². The molecular formula is C43H83NO8P+. The molecule has 0 aromatic carbocycles. The quantitative estimate of drug-likeness (QED) is 0.0216. The van der Waals surface area contributed by atoms with Crippen LogP contribution in [0.5, 0.6) is 0 Å². The number of likely N-dealkylation sites (N-methyl/N-ethyl adjacent to an activating group) is 1. The Bertz CT molecular complexity index is 964.